The van der Waals surface area contributed by atoms with E-state index in [0.29, 0.717) is 10.8 Å². The predicted molar refractivity (Wildman–Crippen MR) is 71.4 cm³/mol. The Kier molecular flexibility index (Phi) is 5.23. The van der Waals surface area contributed by atoms with Crippen LogP contribution in [0.3, 0.4) is 0 Å². The van der Waals surface area contributed by atoms with Crippen molar-refractivity contribution in [2.75, 3.05) is 21.2 Å². The highest BCUT2D eigenvalue weighted by atomic mass is 79.9. The van der Waals surface area contributed by atoms with Gasteiger partial charge >= 0.3 is 0 Å². The largest absolute Gasteiger partial charge is 0.398 e. The number of halogens is 1. The first-order valence-electron chi connectivity index (χ1n) is 4.52. The van der Waals surface area contributed by atoms with Crippen molar-refractivity contribution in [3.63, 3.8) is 0 Å². The molecule has 0 aliphatic heterocycles. The molecule has 0 bridgehead atoms. The average Bonchev–Trinajstić information content (AvgIpc) is 2.71. The number of oxime groups is 1. The van der Waals surface area contributed by atoms with E-state index in [1.807, 2.05) is 14.1 Å². The Morgan fingerprint density at radius 3 is 2.88 bits per heavy atom. The SMILES string of the molecule is CON=C(C(=O)Br)c1csc(N=CN(C)C)n1. The lowest BCUT2D eigenvalue weighted by Gasteiger charge is -1.99. The van der Waals surface area contributed by atoms with Crippen LogP contribution in [-0.2, 0) is 9.63 Å². The number of carbonyl (C=O) groups is 1. The zero-order valence-electron chi connectivity index (χ0n) is 9.55. The molecule has 0 aliphatic carbocycles. The smallest absolute Gasteiger partial charge is 0.251 e. The minimum atomic E-state index is -0.382. The van der Waals surface area contributed by atoms with Gasteiger partial charge in [0, 0.05) is 19.5 Å². The van der Waals surface area contributed by atoms with Crippen LogP contribution >= 0.6 is 27.3 Å². The van der Waals surface area contributed by atoms with E-state index in [-0.39, 0.29) is 10.4 Å². The molecule has 1 aromatic heterocycles. The lowest BCUT2D eigenvalue weighted by molar-refractivity contribution is -0.105. The first kappa shape index (κ1) is 13.8. The number of thiazole rings is 1. The van der Waals surface area contributed by atoms with Gasteiger partial charge in [0.25, 0.3) is 4.69 Å². The van der Waals surface area contributed by atoms with Crippen LogP contribution in [0.25, 0.3) is 0 Å². The molecule has 0 aliphatic rings. The number of hydrogen-bond acceptors (Lipinski definition) is 6. The maximum atomic E-state index is 11.2. The summed E-state index contributed by atoms with van der Waals surface area (Å²) in [5.41, 5.74) is 0.555. The van der Waals surface area contributed by atoms with Crippen molar-refractivity contribution in [3.05, 3.63) is 11.1 Å². The van der Waals surface area contributed by atoms with Crippen LogP contribution in [0.15, 0.2) is 15.5 Å². The van der Waals surface area contributed by atoms with Gasteiger partial charge in [0.1, 0.15) is 12.8 Å². The van der Waals surface area contributed by atoms with Gasteiger partial charge in [-0.2, -0.15) is 0 Å². The fraction of sp³-hybridized carbons (Fsp3) is 0.333. The van der Waals surface area contributed by atoms with Crippen LogP contribution in [0.2, 0.25) is 0 Å². The van der Waals surface area contributed by atoms with E-state index in [9.17, 15) is 4.79 Å². The molecule has 8 heteroatoms. The topological polar surface area (TPSA) is 67.2 Å². The van der Waals surface area contributed by atoms with Gasteiger partial charge in [0.15, 0.2) is 5.71 Å². The second-order valence-electron chi connectivity index (χ2n) is 3.12. The summed E-state index contributed by atoms with van der Waals surface area (Å²) in [5.74, 6) is 0. The zero-order chi connectivity index (χ0) is 12.8. The fourth-order valence-corrected chi connectivity index (χ4v) is 1.79. The number of aliphatic imine (C=N–C) groups is 1. The van der Waals surface area contributed by atoms with Gasteiger partial charge in [-0.15, -0.1) is 11.3 Å². The molecule has 6 nitrogen and oxygen atoms in total. The predicted octanol–water partition coefficient (Wildman–Crippen LogP) is 1.64. The van der Waals surface area contributed by atoms with Crippen molar-refractivity contribution >= 4 is 49.1 Å². The standard InChI is InChI=1S/C9H11BrN4O2S/c1-14(2)5-11-9-12-6(4-17-9)7(8(10)15)13-16-3/h4-5H,1-3H3. The molecule has 0 radical (unpaired) electrons. The molecule has 0 amide bonds. The molecule has 1 rings (SSSR count). The molecule has 0 spiro atoms. The molecule has 0 fully saturated rings. The van der Waals surface area contributed by atoms with Gasteiger partial charge < -0.3 is 9.74 Å². The molecule has 0 aromatic carbocycles. The number of hydrogen-bond donors (Lipinski definition) is 0. The van der Waals surface area contributed by atoms with E-state index < -0.39 is 0 Å². The van der Waals surface area contributed by atoms with Gasteiger partial charge in [0.05, 0.1) is 6.34 Å². The second-order valence-corrected chi connectivity index (χ2v) is 4.68. The summed E-state index contributed by atoms with van der Waals surface area (Å²) in [6.07, 6.45) is 1.63. The summed E-state index contributed by atoms with van der Waals surface area (Å²) >= 11 is 4.14. The van der Waals surface area contributed by atoms with Crippen molar-refractivity contribution in [2.24, 2.45) is 10.1 Å². The summed E-state index contributed by atoms with van der Waals surface area (Å²) in [6.45, 7) is 0. The molecule has 0 atom stereocenters. The number of aromatic nitrogens is 1. The third-order valence-electron chi connectivity index (χ3n) is 1.50. The molecule has 0 N–H and O–H groups in total. The van der Waals surface area contributed by atoms with Gasteiger partial charge in [-0.1, -0.05) is 5.16 Å². The Morgan fingerprint density at radius 1 is 1.65 bits per heavy atom. The Bertz CT molecular complexity index is 456. The molecule has 17 heavy (non-hydrogen) atoms. The van der Waals surface area contributed by atoms with Crippen molar-refractivity contribution in [3.8, 4) is 0 Å². The first-order chi connectivity index (χ1) is 8.04. The quantitative estimate of drug-likeness (QED) is 0.358. The molecule has 0 saturated carbocycles. The Hall–Kier alpha value is -1.28. The molecule has 92 valence electrons. The average molecular weight is 319 g/mol. The van der Waals surface area contributed by atoms with Gasteiger partial charge in [-0.3, -0.25) is 4.79 Å². The highest BCUT2D eigenvalue weighted by molar-refractivity contribution is 9.19. The highest BCUT2D eigenvalue weighted by Gasteiger charge is 2.15. The lowest BCUT2D eigenvalue weighted by Crippen LogP contribution is -2.10. The van der Waals surface area contributed by atoms with Crippen LogP contribution in [0.4, 0.5) is 5.13 Å². The molecular weight excluding hydrogens is 308 g/mol. The Labute approximate surface area is 111 Å². The molecule has 0 saturated heterocycles. The number of nitrogens with zero attached hydrogens (tertiary/aromatic N) is 4. The number of rotatable bonds is 5. The third-order valence-corrected chi connectivity index (χ3v) is 2.63. The van der Waals surface area contributed by atoms with E-state index in [2.05, 4.69) is 35.9 Å². The van der Waals surface area contributed by atoms with E-state index >= 15 is 0 Å². The minimum Gasteiger partial charge on any atom is -0.398 e. The number of carbonyl (C=O) groups excluding carboxylic acids is 1. The summed E-state index contributed by atoms with van der Waals surface area (Å²) in [7, 11) is 5.09. The van der Waals surface area contributed by atoms with Crippen molar-refractivity contribution in [1.82, 2.24) is 9.88 Å². The van der Waals surface area contributed by atoms with Crippen LogP contribution in [-0.4, -0.2) is 47.8 Å². The van der Waals surface area contributed by atoms with Gasteiger partial charge in [-0.25, -0.2) is 9.98 Å². The maximum Gasteiger partial charge on any atom is 0.251 e. The monoisotopic (exact) mass is 318 g/mol. The Morgan fingerprint density at radius 2 is 2.35 bits per heavy atom. The molecule has 1 aromatic rings. The van der Waals surface area contributed by atoms with Gasteiger partial charge in [0.2, 0.25) is 5.13 Å². The fourth-order valence-electron chi connectivity index (χ4n) is 0.872. The van der Waals surface area contributed by atoms with E-state index in [1.165, 1.54) is 18.4 Å². The Balaban J connectivity index is 2.93. The minimum absolute atomic E-state index is 0.120. The van der Waals surface area contributed by atoms with Crippen molar-refractivity contribution < 1.29 is 9.63 Å². The molecular formula is C9H11BrN4O2S. The van der Waals surface area contributed by atoms with E-state index in [0.717, 1.165) is 0 Å². The van der Waals surface area contributed by atoms with Gasteiger partial charge in [-0.05, 0) is 15.9 Å². The summed E-state index contributed by atoms with van der Waals surface area (Å²) < 4.78 is -0.382. The molecule has 0 unspecified atom stereocenters. The van der Waals surface area contributed by atoms with Crippen molar-refractivity contribution in [1.29, 1.82) is 0 Å². The van der Waals surface area contributed by atoms with E-state index in [4.69, 9.17) is 0 Å². The molecule has 1 heterocycles. The summed E-state index contributed by atoms with van der Waals surface area (Å²) in [5, 5.41) is 5.85. The zero-order valence-corrected chi connectivity index (χ0v) is 11.9. The van der Waals surface area contributed by atoms with E-state index in [1.54, 1.807) is 16.6 Å². The highest BCUT2D eigenvalue weighted by Crippen LogP contribution is 2.19. The van der Waals surface area contributed by atoms with Crippen LogP contribution in [0.5, 0.6) is 0 Å². The van der Waals surface area contributed by atoms with Crippen LogP contribution < -0.4 is 0 Å². The third kappa shape index (κ3) is 4.23. The maximum absolute atomic E-state index is 11.2. The summed E-state index contributed by atoms with van der Waals surface area (Å²) in [4.78, 5) is 25.9. The lowest BCUT2D eigenvalue weighted by atomic mass is 10.3. The van der Waals surface area contributed by atoms with Crippen LogP contribution in [0, 0.1) is 0 Å². The van der Waals surface area contributed by atoms with Crippen molar-refractivity contribution in [2.45, 2.75) is 0 Å². The normalized spacial score (nSPS) is 11.9. The van der Waals surface area contributed by atoms with Crippen LogP contribution in [0.1, 0.15) is 5.69 Å². The summed E-state index contributed by atoms with van der Waals surface area (Å²) in [6, 6.07) is 0. The first-order valence-corrected chi connectivity index (χ1v) is 6.19. The second kappa shape index (κ2) is 6.45.